The number of hydrogen-bond donors (Lipinski definition) is 1. The average molecular weight is 465 g/mol. The molecule has 2 atom stereocenters. The van der Waals surface area contributed by atoms with Gasteiger partial charge in [0, 0.05) is 5.56 Å². The highest BCUT2D eigenvalue weighted by Gasteiger charge is 2.45. The number of carbonyl (C=O) groups excluding carboxylic acids is 2. The van der Waals surface area contributed by atoms with Crippen LogP contribution in [-0.4, -0.2) is 37.5 Å². The molecule has 0 aromatic heterocycles. The van der Waals surface area contributed by atoms with Crippen molar-refractivity contribution in [3.63, 3.8) is 0 Å². The molecule has 178 valence electrons. The zero-order valence-corrected chi connectivity index (χ0v) is 19.7. The number of amides is 2. The molecular weight excluding hydrogens is 436 g/mol. The average Bonchev–Trinajstić information content (AvgIpc) is 3.12. The van der Waals surface area contributed by atoms with Gasteiger partial charge in [-0.25, -0.2) is 9.59 Å². The van der Waals surface area contributed by atoms with Gasteiger partial charge < -0.3 is 24.4 Å². The molecule has 3 aromatic rings. The number of carbonyl (C=O) groups is 2. The van der Waals surface area contributed by atoms with Gasteiger partial charge in [0.05, 0.1) is 19.8 Å². The van der Waals surface area contributed by atoms with Crippen LogP contribution in [-0.2, 0) is 15.2 Å². The standard InChI is InChI=1S/C26H28N2O6/c1-5-32-23-15-19(13-14-22(23)31-4)26(3)16-28(25(30)33-26)34-24(29)27-17(2)20-12-8-10-18-9-6-7-11-21(18)20/h6-15,17H,5,16H2,1-4H3,(H,27,29)/t17-,26+/m1/s1. The summed E-state index contributed by atoms with van der Waals surface area (Å²) in [6, 6.07) is 18.8. The second-order valence-electron chi connectivity index (χ2n) is 8.25. The molecule has 0 unspecified atom stereocenters. The minimum Gasteiger partial charge on any atom is -0.493 e. The Labute approximate surface area is 198 Å². The summed E-state index contributed by atoms with van der Waals surface area (Å²) in [6.45, 7) is 5.97. The van der Waals surface area contributed by atoms with Crippen molar-refractivity contribution in [2.45, 2.75) is 32.4 Å². The number of nitrogens with zero attached hydrogens (tertiary/aromatic N) is 1. The fourth-order valence-corrected chi connectivity index (χ4v) is 4.12. The molecule has 1 aliphatic heterocycles. The normalized spacial score (nSPS) is 18.4. The van der Waals surface area contributed by atoms with E-state index in [0.29, 0.717) is 23.7 Å². The van der Waals surface area contributed by atoms with Gasteiger partial charge in [0.2, 0.25) is 0 Å². The van der Waals surface area contributed by atoms with E-state index in [-0.39, 0.29) is 12.6 Å². The highest BCUT2D eigenvalue weighted by molar-refractivity contribution is 5.86. The number of rotatable bonds is 7. The van der Waals surface area contributed by atoms with Gasteiger partial charge in [-0.15, -0.1) is 5.06 Å². The van der Waals surface area contributed by atoms with E-state index in [9.17, 15) is 9.59 Å². The van der Waals surface area contributed by atoms with Gasteiger partial charge >= 0.3 is 12.2 Å². The van der Waals surface area contributed by atoms with Crippen LogP contribution in [0.25, 0.3) is 10.8 Å². The Hall–Kier alpha value is -3.94. The molecule has 0 radical (unpaired) electrons. The first-order chi connectivity index (χ1) is 16.3. The largest absolute Gasteiger partial charge is 0.493 e. The van der Waals surface area contributed by atoms with Crippen LogP contribution >= 0.6 is 0 Å². The Morgan fingerprint density at radius 3 is 2.68 bits per heavy atom. The van der Waals surface area contributed by atoms with E-state index < -0.39 is 17.8 Å². The highest BCUT2D eigenvalue weighted by Crippen LogP contribution is 2.38. The second kappa shape index (κ2) is 9.51. The number of hydroxylamine groups is 2. The smallest absolute Gasteiger partial charge is 0.444 e. The van der Waals surface area contributed by atoms with Crippen molar-refractivity contribution in [3.05, 3.63) is 71.8 Å². The monoisotopic (exact) mass is 464 g/mol. The summed E-state index contributed by atoms with van der Waals surface area (Å²) >= 11 is 0. The Balaban J connectivity index is 1.45. The molecule has 2 amide bonds. The van der Waals surface area contributed by atoms with Crippen molar-refractivity contribution in [1.29, 1.82) is 0 Å². The van der Waals surface area contributed by atoms with Crippen LogP contribution in [0.5, 0.6) is 11.5 Å². The molecule has 1 aliphatic rings. The van der Waals surface area contributed by atoms with Gasteiger partial charge in [-0.05, 0) is 49.2 Å². The van der Waals surface area contributed by atoms with Crippen LogP contribution in [0.2, 0.25) is 0 Å². The molecule has 8 heteroatoms. The number of cyclic esters (lactones) is 1. The molecule has 0 bridgehead atoms. The molecule has 1 heterocycles. The number of methoxy groups -OCH3 is 1. The summed E-state index contributed by atoms with van der Waals surface area (Å²) in [7, 11) is 1.56. The van der Waals surface area contributed by atoms with Gasteiger partial charge in [0.15, 0.2) is 17.1 Å². The molecule has 0 spiro atoms. The molecule has 8 nitrogen and oxygen atoms in total. The predicted octanol–water partition coefficient (Wildman–Crippen LogP) is 5.32. The summed E-state index contributed by atoms with van der Waals surface area (Å²) in [4.78, 5) is 30.4. The quantitative estimate of drug-likeness (QED) is 0.510. The summed E-state index contributed by atoms with van der Waals surface area (Å²) in [5.74, 6) is 1.12. The molecule has 1 N–H and O–H groups in total. The summed E-state index contributed by atoms with van der Waals surface area (Å²) < 4.78 is 16.5. The maximum Gasteiger partial charge on any atom is 0.444 e. The zero-order chi connectivity index (χ0) is 24.3. The first-order valence-corrected chi connectivity index (χ1v) is 11.1. The summed E-state index contributed by atoms with van der Waals surface area (Å²) in [5, 5.41) is 5.84. The molecule has 3 aromatic carbocycles. The Kier molecular flexibility index (Phi) is 6.49. The van der Waals surface area contributed by atoms with E-state index in [1.54, 1.807) is 32.2 Å². The minimum atomic E-state index is -1.03. The van der Waals surface area contributed by atoms with Crippen LogP contribution in [0, 0.1) is 0 Å². The molecular formula is C26H28N2O6. The van der Waals surface area contributed by atoms with Crippen molar-refractivity contribution in [2.75, 3.05) is 20.3 Å². The summed E-state index contributed by atoms with van der Waals surface area (Å²) in [6.07, 6.45) is -1.49. The van der Waals surface area contributed by atoms with Crippen LogP contribution in [0.15, 0.2) is 60.7 Å². The SMILES string of the molecule is CCOc1cc([C@]2(C)CN(OC(=O)N[C@H](C)c3cccc4ccccc34)C(=O)O2)ccc1OC. The lowest BCUT2D eigenvalue weighted by Crippen LogP contribution is -2.37. The van der Waals surface area contributed by atoms with Crippen molar-refractivity contribution in [1.82, 2.24) is 10.4 Å². The lowest BCUT2D eigenvalue weighted by molar-refractivity contribution is -0.0508. The second-order valence-corrected chi connectivity index (χ2v) is 8.25. The lowest BCUT2D eigenvalue weighted by atomic mass is 9.96. The highest BCUT2D eigenvalue weighted by atomic mass is 16.8. The Morgan fingerprint density at radius 1 is 1.15 bits per heavy atom. The number of ether oxygens (including phenoxy) is 3. The van der Waals surface area contributed by atoms with E-state index in [2.05, 4.69) is 5.32 Å². The number of hydrogen-bond acceptors (Lipinski definition) is 6. The lowest BCUT2D eigenvalue weighted by Gasteiger charge is -2.23. The predicted molar refractivity (Wildman–Crippen MR) is 127 cm³/mol. The van der Waals surface area contributed by atoms with Gasteiger partial charge in [0.1, 0.15) is 6.54 Å². The Morgan fingerprint density at radius 2 is 1.91 bits per heavy atom. The maximum absolute atomic E-state index is 12.6. The number of benzene rings is 3. The van der Waals surface area contributed by atoms with E-state index in [0.717, 1.165) is 21.4 Å². The molecule has 0 saturated carbocycles. The van der Waals surface area contributed by atoms with Crippen LogP contribution in [0.4, 0.5) is 9.59 Å². The third kappa shape index (κ3) is 4.57. The van der Waals surface area contributed by atoms with Crippen molar-refractivity contribution in [2.24, 2.45) is 0 Å². The minimum absolute atomic E-state index is 0.0276. The fourth-order valence-electron chi connectivity index (χ4n) is 4.12. The van der Waals surface area contributed by atoms with Crippen molar-refractivity contribution in [3.8, 4) is 11.5 Å². The molecule has 4 rings (SSSR count). The molecule has 1 fully saturated rings. The molecule has 0 aliphatic carbocycles. The number of nitrogens with one attached hydrogen (secondary N) is 1. The van der Waals surface area contributed by atoms with E-state index in [4.69, 9.17) is 19.0 Å². The summed E-state index contributed by atoms with van der Waals surface area (Å²) in [5.41, 5.74) is 0.614. The third-order valence-electron chi connectivity index (χ3n) is 5.85. The van der Waals surface area contributed by atoms with Crippen molar-refractivity contribution < 1.29 is 28.6 Å². The van der Waals surface area contributed by atoms with Crippen LogP contribution in [0.1, 0.15) is 37.9 Å². The van der Waals surface area contributed by atoms with E-state index in [1.807, 2.05) is 56.3 Å². The van der Waals surface area contributed by atoms with Gasteiger partial charge in [-0.3, -0.25) is 0 Å². The number of fused-ring (bicyclic) bond motifs is 1. The van der Waals surface area contributed by atoms with Crippen LogP contribution < -0.4 is 14.8 Å². The first-order valence-electron chi connectivity index (χ1n) is 11.1. The van der Waals surface area contributed by atoms with E-state index >= 15 is 0 Å². The van der Waals surface area contributed by atoms with Crippen molar-refractivity contribution >= 4 is 23.0 Å². The zero-order valence-electron chi connectivity index (χ0n) is 19.7. The van der Waals surface area contributed by atoms with Gasteiger partial charge in [0.25, 0.3) is 0 Å². The Bertz CT molecular complexity index is 1210. The first kappa shape index (κ1) is 23.2. The van der Waals surface area contributed by atoms with E-state index in [1.165, 1.54) is 0 Å². The topological polar surface area (TPSA) is 86.3 Å². The molecule has 1 saturated heterocycles. The van der Waals surface area contributed by atoms with Crippen LogP contribution in [0.3, 0.4) is 0 Å². The fraction of sp³-hybridized carbons (Fsp3) is 0.308. The van der Waals surface area contributed by atoms with Gasteiger partial charge in [-0.1, -0.05) is 48.5 Å². The maximum atomic E-state index is 12.6. The van der Waals surface area contributed by atoms with Gasteiger partial charge in [-0.2, -0.15) is 0 Å². The molecule has 34 heavy (non-hydrogen) atoms. The third-order valence-corrected chi connectivity index (χ3v) is 5.85.